The maximum atomic E-state index is 2.97. The summed E-state index contributed by atoms with van der Waals surface area (Å²) in [5.74, 6) is 3.33. The van der Waals surface area contributed by atoms with Gasteiger partial charge in [0.1, 0.15) is 0 Å². The molecule has 11 rings (SSSR count). The zero-order valence-corrected chi connectivity index (χ0v) is 29.8. The molecule has 242 valence electrons. The Morgan fingerprint density at radius 1 is 0.574 bits per heavy atom. The molecule has 8 unspecified atom stereocenters. The fourth-order valence-corrected chi connectivity index (χ4v) is 15.1. The highest BCUT2D eigenvalue weighted by molar-refractivity contribution is 7.00. The third kappa shape index (κ3) is 2.84. The van der Waals surface area contributed by atoms with E-state index >= 15 is 0 Å². The topological polar surface area (TPSA) is 6.48 Å². The number of hydrogen-bond donors (Lipinski definition) is 0. The van der Waals surface area contributed by atoms with Crippen LogP contribution in [0.2, 0.25) is 0 Å². The predicted molar refractivity (Wildman–Crippen MR) is 199 cm³/mol. The second-order valence-corrected chi connectivity index (χ2v) is 18.5. The van der Waals surface area contributed by atoms with Crippen molar-refractivity contribution in [3.63, 3.8) is 0 Å². The summed E-state index contributed by atoms with van der Waals surface area (Å²) in [5.41, 5.74) is 18.1. The molecule has 8 atom stereocenters. The third-order valence-corrected chi connectivity index (χ3v) is 17.3. The van der Waals surface area contributed by atoms with Crippen LogP contribution in [0.5, 0.6) is 0 Å². The molecule has 0 saturated heterocycles. The van der Waals surface area contributed by atoms with Gasteiger partial charge in [-0.05, 0) is 141 Å². The summed E-state index contributed by atoms with van der Waals surface area (Å²) >= 11 is 0. The molecule has 47 heavy (non-hydrogen) atoms. The molecule has 4 heterocycles. The molecule has 0 spiro atoms. The van der Waals surface area contributed by atoms with Crippen molar-refractivity contribution in [2.45, 2.75) is 141 Å². The summed E-state index contributed by atoms with van der Waals surface area (Å²) in [5, 5.41) is 0. The maximum absolute atomic E-state index is 2.97. The van der Waals surface area contributed by atoms with Crippen LogP contribution in [0.15, 0.2) is 42.5 Å². The number of anilines is 4. The summed E-state index contributed by atoms with van der Waals surface area (Å²) < 4.78 is 0. The number of aryl methyl sites for hydroxylation is 2. The van der Waals surface area contributed by atoms with Crippen LogP contribution >= 0.6 is 0 Å². The number of hydrogen-bond acceptors (Lipinski definition) is 2. The van der Waals surface area contributed by atoms with Gasteiger partial charge in [0.05, 0.1) is 11.1 Å². The molecule has 3 aromatic carbocycles. The Kier molecular flexibility index (Phi) is 5.23. The Hall–Kier alpha value is -2.68. The monoisotopic (exact) mass is 620 g/mol. The summed E-state index contributed by atoms with van der Waals surface area (Å²) in [6.07, 6.45) is 16.8. The summed E-state index contributed by atoms with van der Waals surface area (Å²) in [7, 11) is 0. The Bertz CT molecular complexity index is 1780. The van der Waals surface area contributed by atoms with E-state index in [2.05, 4.69) is 93.8 Å². The molecule has 0 aromatic heterocycles. The van der Waals surface area contributed by atoms with Crippen molar-refractivity contribution < 1.29 is 0 Å². The van der Waals surface area contributed by atoms with Gasteiger partial charge in [-0.1, -0.05) is 82.7 Å². The zero-order chi connectivity index (χ0) is 31.8. The molecule has 4 saturated carbocycles. The maximum Gasteiger partial charge on any atom is 0.252 e. The molecular weight excluding hydrogens is 567 g/mol. The van der Waals surface area contributed by atoms with Crippen LogP contribution in [0.4, 0.5) is 22.7 Å². The lowest BCUT2D eigenvalue weighted by atomic mass is 9.33. The van der Waals surface area contributed by atoms with E-state index in [1.807, 2.05) is 0 Å². The van der Waals surface area contributed by atoms with Crippen LogP contribution in [0, 0.1) is 37.5 Å². The van der Waals surface area contributed by atoms with Gasteiger partial charge in [0.15, 0.2) is 0 Å². The Morgan fingerprint density at radius 3 is 1.49 bits per heavy atom. The Labute approximate surface area is 283 Å². The lowest BCUT2D eigenvalue weighted by molar-refractivity contribution is 0.0315. The van der Waals surface area contributed by atoms with Gasteiger partial charge in [-0.25, -0.2) is 0 Å². The Balaban J connectivity index is 1.22. The molecule has 0 radical (unpaired) electrons. The van der Waals surface area contributed by atoms with E-state index in [9.17, 15) is 0 Å². The predicted octanol–water partition coefficient (Wildman–Crippen LogP) is 8.98. The molecule has 0 bridgehead atoms. The summed E-state index contributed by atoms with van der Waals surface area (Å²) in [6.45, 7) is 16.0. The van der Waals surface area contributed by atoms with Gasteiger partial charge in [0.2, 0.25) is 0 Å². The third-order valence-electron chi connectivity index (χ3n) is 17.3. The highest BCUT2D eigenvalue weighted by atomic mass is 15.3. The van der Waals surface area contributed by atoms with Crippen LogP contribution in [-0.2, 0) is 10.8 Å². The Morgan fingerprint density at radius 2 is 1.02 bits per heavy atom. The zero-order valence-electron chi connectivity index (χ0n) is 29.8. The number of nitrogens with zero attached hydrogens (tertiary/aromatic N) is 2. The lowest BCUT2D eigenvalue weighted by Gasteiger charge is -2.60. The molecule has 8 aliphatic rings. The van der Waals surface area contributed by atoms with Crippen molar-refractivity contribution in [2.75, 3.05) is 9.80 Å². The quantitative estimate of drug-likeness (QED) is 0.232. The minimum Gasteiger partial charge on any atom is -0.335 e. The molecule has 4 aliphatic carbocycles. The van der Waals surface area contributed by atoms with Crippen LogP contribution in [0.1, 0.15) is 127 Å². The minimum atomic E-state index is 0.0943. The van der Waals surface area contributed by atoms with Crippen molar-refractivity contribution in [3.8, 4) is 0 Å². The largest absolute Gasteiger partial charge is 0.335 e. The fourth-order valence-electron chi connectivity index (χ4n) is 15.1. The number of benzene rings is 3. The molecule has 2 nitrogen and oxygen atoms in total. The second-order valence-electron chi connectivity index (χ2n) is 18.5. The fraction of sp³-hybridized carbons (Fsp3) is 0.591. The molecular formula is C44H53BN2. The highest BCUT2D eigenvalue weighted by Gasteiger charge is 2.69. The first-order valence-electron chi connectivity index (χ1n) is 19.7. The molecule has 0 amide bonds. The van der Waals surface area contributed by atoms with E-state index in [-0.39, 0.29) is 21.9 Å². The van der Waals surface area contributed by atoms with Crippen molar-refractivity contribution in [1.29, 1.82) is 0 Å². The van der Waals surface area contributed by atoms with Crippen molar-refractivity contribution in [1.82, 2.24) is 0 Å². The van der Waals surface area contributed by atoms with Gasteiger partial charge < -0.3 is 9.80 Å². The van der Waals surface area contributed by atoms with E-state index in [1.54, 1.807) is 38.9 Å². The highest BCUT2D eigenvalue weighted by Crippen LogP contribution is 2.69. The van der Waals surface area contributed by atoms with E-state index in [0.29, 0.717) is 6.71 Å². The standard InChI is InChI=1S/C44H53BN2/c1-26-18-20-32-39-36(26)43(5)30-14-9-7-12-28(30)22-24-41(43,3)46(39)34-16-11-17-35-38(34)45(32)33-21-19-27(2)37-40(33)47(35)42(4)25-23-29-13-8-10-15-31(29)44(37,42)6/h11,16-21,28-31H,7-10,12-15,22-25H2,1-6H3. The number of fused-ring (bicyclic) bond motifs is 14. The van der Waals surface area contributed by atoms with E-state index < -0.39 is 0 Å². The first-order chi connectivity index (χ1) is 22.7. The van der Waals surface area contributed by atoms with Gasteiger partial charge in [-0.3, -0.25) is 0 Å². The second kappa shape index (κ2) is 8.72. The summed E-state index contributed by atoms with van der Waals surface area (Å²) in [6, 6.07) is 17.8. The minimum absolute atomic E-state index is 0.0943. The number of rotatable bonds is 0. The van der Waals surface area contributed by atoms with Gasteiger partial charge in [0.25, 0.3) is 6.71 Å². The molecule has 3 heteroatoms. The van der Waals surface area contributed by atoms with E-state index in [4.69, 9.17) is 0 Å². The first-order valence-corrected chi connectivity index (χ1v) is 19.7. The van der Waals surface area contributed by atoms with Crippen molar-refractivity contribution in [3.05, 3.63) is 64.7 Å². The van der Waals surface area contributed by atoms with Gasteiger partial charge in [-0.2, -0.15) is 0 Å². The van der Waals surface area contributed by atoms with Gasteiger partial charge >= 0.3 is 0 Å². The van der Waals surface area contributed by atoms with Crippen LogP contribution in [0.3, 0.4) is 0 Å². The smallest absolute Gasteiger partial charge is 0.252 e. The molecule has 4 fully saturated rings. The average Bonchev–Trinajstić information content (AvgIpc) is 3.45. The normalized spacial score (nSPS) is 39.7. The average molecular weight is 621 g/mol. The van der Waals surface area contributed by atoms with Crippen molar-refractivity contribution in [2.24, 2.45) is 23.7 Å². The summed E-state index contributed by atoms with van der Waals surface area (Å²) in [4.78, 5) is 5.95. The van der Waals surface area contributed by atoms with E-state index in [0.717, 1.165) is 23.7 Å². The van der Waals surface area contributed by atoms with Gasteiger partial charge in [0, 0.05) is 33.6 Å². The van der Waals surface area contributed by atoms with Crippen LogP contribution < -0.4 is 26.2 Å². The van der Waals surface area contributed by atoms with Gasteiger partial charge in [-0.15, -0.1) is 0 Å². The molecule has 3 aromatic rings. The van der Waals surface area contributed by atoms with E-state index in [1.165, 1.54) is 99.6 Å². The SMILES string of the molecule is Cc1ccc2c3c1C1(C)C4CCCCC4CCC1(C)N3c1cccc3c1B2c1ccc(C)c2c1N3C1(C)CCC3CCCCC3C21C. The van der Waals surface area contributed by atoms with Crippen LogP contribution in [0.25, 0.3) is 0 Å². The van der Waals surface area contributed by atoms with Crippen LogP contribution in [-0.4, -0.2) is 17.8 Å². The first kappa shape index (κ1) is 28.2. The lowest BCUT2D eigenvalue weighted by Crippen LogP contribution is -2.68. The molecule has 0 N–H and O–H groups in total. The van der Waals surface area contributed by atoms with Crippen molar-refractivity contribution >= 4 is 45.9 Å². The molecule has 4 aliphatic heterocycles.